The van der Waals surface area contributed by atoms with Gasteiger partial charge >= 0.3 is 5.97 Å². The van der Waals surface area contributed by atoms with Gasteiger partial charge < -0.3 is 14.2 Å². The van der Waals surface area contributed by atoms with Gasteiger partial charge in [-0.05, 0) is 24.1 Å². The van der Waals surface area contributed by atoms with E-state index in [0.717, 1.165) is 18.5 Å². The van der Waals surface area contributed by atoms with Crippen molar-refractivity contribution in [2.24, 2.45) is 0 Å². The summed E-state index contributed by atoms with van der Waals surface area (Å²) in [5.41, 5.74) is 0.895. The maximum Gasteiger partial charge on any atom is 0.307 e. The number of halogens is 1. The van der Waals surface area contributed by atoms with Crippen LogP contribution in [0.4, 0.5) is 0 Å². The normalized spacial score (nSPS) is 10.5. The average Bonchev–Trinajstić information content (AvgIpc) is 3.12. The van der Waals surface area contributed by atoms with Gasteiger partial charge in [0.25, 0.3) is 0 Å². The number of hydrogen-bond acceptors (Lipinski definition) is 4. The van der Waals surface area contributed by atoms with Crippen molar-refractivity contribution >= 4 is 23.5 Å². The lowest BCUT2D eigenvalue weighted by molar-refractivity contribution is -0.141. The molecule has 1 heterocycles. The average molecular weight is 364 g/mol. The number of methoxy groups -OCH3 is 1. The number of benzene rings is 1. The minimum atomic E-state index is -0.320. The summed E-state index contributed by atoms with van der Waals surface area (Å²) < 4.78 is 6.63. The van der Waals surface area contributed by atoms with Gasteiger partial charge in [0.05, 0.1) is 26.3 Å². The van der Waals surface area contributed by atoms with Crippen LogP contribution in [0, 0.1) is 0 Å². The zero-order valence-electron chi connectivity index (χ0n) is 14.2. The van der Waals surface area contributed by atoms with Crippen LogP contribution in [0.2, 0.25) is 5.02 Å². The second-order valence-corrected chi connectivity index (χ2v) is 6.10. The summed E-state index contributed by atoms with van der Waals surface area (Å²) >= 11 is 5.87. The number of rotatable bonds is 9. The molecule has 0 fully saturated rings. The molecule has 1 amide bonds. The summed E-state index contributed by atoms with van der Waals surface area (Å²) in [7, 11) is 1.35. The number of esters is 1. The van der Waals surface area contributed by atoms with Crippen molar-refractivity contribution in [3.05, 3.63) is 53.6 Å². The van der Waals surface area contributed by atoms with Crippen LogP contribution in [0.5, 0.6) is 0 Å². The molecule has 25 heavy (non-hydrogen) atoms. The van der Waals surface area contributed by atoms with E-state index >= 15 is 0 Å². The number of amides is 1. The minimum Gasteiger partial charge on any atom is -0.469 e. The van der Waals surface area contributed by atoms with E-state index in [4.69, 9.17) is 11.6 Å². The Morgan fingerprint density at radius 2 is 2.00 bits per heavy atom. The second-order valence-electron chi connectivity index (χ2n) is 5.66. The Bertz CT molecular complexity index is 671. The number of aromatic nitrogens is 2. The highest BCUT2D eigenvalue weighted by atomic mass is 35.5. The Morgan fingerprint density at radius 1 is 1.24 bits per heavy atom. The lowest BCUT2D eigenvalue weighted by Crippen LogP contribution is -2.35. The molecule has 0 aliphatic heterocycles. The third-order valence-electron chi connectivity index (χ3n) is 3.84. The highest BCUT2D eigenvalue weighted by molar-refractivity contribution is 6.30. The van der Waals surface area contributed by atoms with Gasteiger partial charge in [-0.1, -0.05) is 23.7 Å². The van der Waals surface area contributed by atoms with Crippen LogP contribution in [-0.2, 0) is 27.3 Å². The predicted octanol–water partition coefficient (Wildman–Crippen LogP) is 2.56. The zero-order chi connectivity index (χ0) is 18.1. The molecule has 0 saturated carbocycles. The minimum absolute atomic E-state index is 0.0168. The molecule has 0 aliphatic carbocycles. The van der Waals surface area contributed by atoms with Gasteiger partial charge in [-0.25, -0.2) is 4.98 Å². The molecular weight excluding hydrogens is 342 g/mol. The Hall–Kier alpha value is -2.34. The summed E-state index contributed by atoms with van der Waals surface area (Å²) in [5.74, 6) is -0.337. The Kier molecular flexibility index (Phi) is 7.47. The van der Waals surface area contributed by atoms with Crippen molar-refractivity contribution in [3.8, 4) is 0 Å². The highest BCUT2D eigenvalue weighted by Crippen LogP contribution is 2.11. The molecule has 134 valence electrons. The molecule has 7 heteroatoms. The first kappa shape index (κ1) is 19.0. The quantitative estimate of drug-likeness (QED) is 0.642. The molecular formula is C18H22ClN3O3. The van der Waals surface area contributed by atoms with E-state index in [2.05, 4.69) is 9.72 Å². The fourth-order valence-electron chi connectivity index (χ4n) is 2.44. The van der Waals surface area contributed by atoms with Crippen LogP contribution in [0.25, 0.3) is 0 Å². The van der Waals surface area contributed by atoms with Gasteiger partial charge in [-0.2, -0.15) is 0 Å². The lowest BCUT2D eigenvalue weighted by atomic mass is 10.1. The molecule has 0 bridgehead atoms. The number of imidazole rings is 1. The van der Waals surface area contributed by atoms with Crippen LogP contribution < -0.4 is 0 Å². The fourth-order valence-corrected chi connectivity index (χ4v) is 2.57. The van der Waals surface area contributed by atoms with Crippen LogP contribution in [-0.4, -0.2) is 46.5 Å². The Balaban J connectivity index is 1.92. The van der Waals surface area contributed by atoms with E-state index in [0.29, 0.717) is 18.1 Å². The Morgan fingerprint density at radius 3 is 2.64 bits per heavy atom. The number of ether oxygens (including phenoxy) is 1. The van der Waals surface area contributed by atoms with Crippen molar-refractivity contribution in [1.82, 2.24) is 14.5 Å². The number of aryl methyl sites for hydroxylation is 1. The first-order valence-electron chi connectivity index (χ1n) is 8.13. The van der Waals surface area contributed by atoms with Gasteiger partial charge in [-0.15, -0.1) is 0 Å². The molecule has 0 N–H and O–H groups in total. The summed E-state index contributed by atoms with van der Waals surface area (Å²) in [6.07, 6.45) is 6.60. The monoisotopic (exact) mass is 363 g/mol. The van der Waals surface area contributed by atoms with E-state index in [9.17, 15) is 9.59 Å². The lowest BCUT2D eigenvalue weighted by Gasteiger charge is -2.22. The maximum atomic E-state index is 12.6. The van der Waals surface area contributed by atoms with Gasteiger partial charge in [0.1, 0.15) is 0 Å². The summed E-state index contributed by atoms with van der Waals surface area (Å²) in [5, 5.41) is 0.638. The molecule has 1 aromatic heterocycles. The molecule has 2 rings (SSSR count). The van der Waals surface area contributed by atoms with Gasteiger partial charge in [0.2, 0.25) is 5.91 Å². The molecule has 0 aliphatic rings. The molecule has 2 aromatic rings. The van der Waals surface area contributed by atoms with Crippen LogP contribution in [0.3, 0.4) is 0 Å². The summed E-state index contributed by atoms with van der Waals surface area (Å²) in [4.78, 5) is 29.7. The van der Waals surface area contributed by atoms with E-state index in [1.54, 1.807) is 29.6 Å². The zero-order valence-corrected chi connectivity index (χ0v) is 15.0. The van der Waals surface area contributed by atoms with E-state index in [1.807, 2.05) is 22.9 Å². The summed E-state index contributed by atoms with van der Waals surface area (Å²) in [6, 6.07) is 7.21. The van der Waals surface area contributed by atoms with Crippen LogP contribution in [0.15, 0.2) is 43.0 Å². The standard InChI is InChI=1S/C18H22ClN3O3/c1-25-18(24)7-11-22(10-2-9-21-12-8-20-14-21)17(23)13-15-3-5-16(19)6-4-15/h3-6,8,12,14H,2,7,9-11,13H2,1H3. The molecule has 0 atom stereocenters. The number of nitrogens with zero attached hydrogens (tertiary/aromatic N) is 3. The third kappa shape index (κ3) is 6.58. The number of carbonyl (C=O) groups excluding carboxylic acids is 2. The van der Waals surface area contributed by atoms with Crippen LogP contribution in [0.1, 0.15) is 18.4 Å². The topological polar surface area (TPSA) is 64.4 Å². The van der Waals surface area contributed by atoms with Gasteiger partial charge in [-0.3, -0.25) is 9.59 Å². The molecule has 0 spiro atoms. The second kappa shape index (κ2) is 9.84. The van der Waals surface area contributed by atoms with E-state index in [-0.39, 0.29) is 24.7 Å². The van der Waals surface area contributed by atoms with Crippen molar-refractivity contribution in [2.45, 2.75) is 25.8 Å². The molecule has 1 aromatic carbocycles. The summed E-state index contributed by atoms with van der Waals surface area (Å²) in [6.45, 7) is 1.69. The molecule has 0 unspecified atom stereocenters. The van der Waals surface area contributed by atoms with Crippen molar-refractivity contribution in [2.75, 3.05) is 20.2 Å². The first-order chi connectivity index (χ1) is 12.1. The van der Waals surface area contributed by atoms with Crippen molar-refractivity contribution in [1.29, 1.82) is 0 Å². The fraction of sp³-hybridized carbons (Fsp3) is 0.389. The van der Waals surface area contributed by atoms with E-state index < -0.39 is 0 Å². The largest absolute Gasteiger partial charge is 0.469 e. The maximum absolute atomic E-state index is 12.6. The smallest absolute Gasteiger partial charge is 0.307 e. The Labute approximate surface area is 152 Å². The first-order valence-corrected chi connectivity index (χ1v) is 8.51. The molecule has 0 radical (unpaired) electrons. The third-order valence-corrected chi connectivity index (χ3v) is 4.09. The number of carbonyl (C=O) groups is 2. The number of hydrogen-bond donors (Lipinski definition) is 0. The van der Waals surface area contributed by atoms with Crippen molar-refractivity contribution in [3.63, 3.8) is 0 Å². The SMILES string of the molecule is COC(=O)CCN(CCCn1ccnc1)C(=O)Cc1ccc(Cl)cc1. The van der Waals surface area contributed by atoms with E-state index in [1.165, 1.54) is 7.11 Å². The highest BCUT2D eigenvalue weighted by Gasteiger charge is 2.15. The molecule has 6 nitrogen and oxygen atoms in total. The van der Waals surface area contributed by atoms with Gasteiger partial charge in [0, 0.05) is 37.1 Å². The van der Waals surface area contributed by atoms with Gasteiger partial charge in [0.15, 0.2) is 0 Å². The predicted molar refractivity (Wildman–Crippen MR) is 95.2 cm³/mol. The van der Waals surface area contributed by atoms with Crippen LogP contribution >= 0.6 is 11.6 Å². The molecule has 0 saturated heterocycles. The van der Waals surface area contributed by atoms with Crippen molar-refractivity contribution < 1.29 is 14.3 Å².